The summed E-state index contributed by atoms with van der Waals surface area (Å²) < 4.78 is 29.8. The molecular formula is C27H23ClF2N6O2S2. The molecule has 2 N–H and O–H groups in total. The van der Waals surface area contributed by atoms with Crippen molar-refractivity contribution < 1.29 is 18.7 Å². The van der Waals surface area contributed by atoms with Crippen LogP contribution in [0.2, 0.25) is 5.02 Å². The van der Waals surface area contributed by atoms with Crippen LogP contribution < -0.4 is 5.32 Å². The van der Waals surface area contributed by atoms with Crippen molar-refractivity contribution in [2.45, 2.75) is 39.0 Å². The molecule has 0 aliphatic carbocycles. The van der Waals surface area contributed by atoms with Crippen molar-refractivity contribution in [2.75, 3.05) is 0 Å². The van der Waals surface area contributed by atoms with E-state index in [1.165, 1.54) is 40.0 Å². The van der Waals surface area contributed by atoms with Gasteiger partial charge in [0, 0.05) is 22.2 Å². The normalized spacial score (nSPS) is 13.7. The molecule has 0 aliphatic rings. The third-order valence-electron chi connectivity index (χ3n) is 6.42. The lowest BCUT2D eigenvalue weighted by Crippen LogP contribution is -2.51. The first-order chi connectivity index (χ1) is 19.0. The summed E-state index contributed by atoms with van der Waals surface area (Å²) >= 11 is 8.67. The van der Waals surface area contributed by atoms with Gasteiger partial charge in [0.25, 0.3) is 5.91 Å². The number of aryl methyl sites for hydroxylation is 2. The molecule has 0 unspecified atom stereocenters. The number of nitrogens with one attached hydrogen (secondary N) is 1. The zero-order valence-corrected chi connectivity index (χ0v) is 23.9. The van der Waals surface area contributed by atoms with E-state index in [0.29, 0.717) is 26.7 Å². The van der Waals surface area contributed by atoms with Crippen molar-refractivity contribution in [3.63, 3.8) is 0 Å². The number of aliphatic hydroxyl groups is 1. The Morgan fingerprint density at radius 1 is 1.10 bits per heavy atom. The lowest BCUT2D eigenvalue weighted by atomic mass is 9.86. The van der Waals surface area contributed by atoms with E-state index < -0.39 is 29.2 Å². The largest absolute Gasteiger partial charge is 0.381 e. The van der Waals surface area contributed by atoms with Gasteiger partial charge in [0.15, 0.2) is 0 Å². The van der Waals surface area contributed by atoms with Gasteiger partial charge in [0.2, 0.25) is 0 Å². The number of aromatic nitrogens is 5. The van der Waals surface area contributed by atoms with Gasteiger partial charge in [-0.3, -0.25) is 4.79 Å². The minimum absolute atomic E-state index is 0.186. The van der Waals surface area contributed by atoms with Crippen LogP contribution in [0.4, 0.5) is 8.78 Å². The molecule has 0 aliphatic heterocycles. The minimum Gasteiger partial charge on any atom is -0.381 e. The second-order valence-corrected chi connectivity index (χ2v) is 11.6. The number of hydrogen-bond donors (Lipinski definition) is 2. The smallest absolute Gasteiger partial charge is 0.263 e. The lowest BCUT2D eigenvalue weighted by molar-refractivity contribution is -0.0185. The molecule has 0 radical (unpaired) electrons. The Kier molecular flexibility index (Phi) is 7.78. The third-order valence-corrected chi connectivity index (χ3v) is 9.18. The molecule has 0 spiro atoms. The molecule has 2 atom stereocenters. The molecular weight excluding hydrogens is 578 g/mol. The number of amides is 1. The molecule has 3 aromatic heterocycles. The monoisotopic (exact) mass is 600 g/mol. The second kappa shape index (κ2) is 11.1. The minimum atomic E-state index is -1.98. The first-order valence-corrected chi connectivity index (χ1v) is 14.1. The van der Waals surface area contributed by atoms with E-state index in [1.54, 1.807) is 26.0 Å². The van der Waals surface area contributed by atoms with Gasteiger partial charge in [0.05, 0.1) is 28.9 Å². The highest BCUT2D eigenvalue weighted by Crippen LogP contribution is 2.38. The third kappa shape index (κ3) is 5.52. The highest BCUT2D eigenvalue weighted by atomic mass is 35.5. The lowest BCUT2D eigenvalue weighted by Gasteiger charge is -2.35. The first-order valence-electron chi connectivity index (χ1n) is 12.1. The standard InChI is InChI=1S/C27H23ClF2N6O2S2/c1-14-22(39-26(34-14)23-15(2)33-25(40-23)17-4-6-18(28)7-5-17)24(37)35-16(3)27(38,11-36-13-31-12-32-36)20-9-8-19(29)10-21(20)30/h4-10,12-13,16,38H,11H2,1-3H3,(H,35,37)/t16-,27-/m1/s1. The van der Waals surface area contributed by atoms with E-state index in [0.717, 1.165) is 33.3 Å². The van der Waals surface area contributed by atoms with E-state index in [4.69, 9.17) is 11.6 Å². The zero-order valence-electron chi connectivity index (χ0n) is 21.5. The zero-order chi connectivity index (χ0) is 28.6. The van der Waals surface area contributed by atoms with Crippen LogP contribution in [0.15, 0.2) is 55.1 Å². The van der Waals surface area contributed by atoms with Gasteiger partial charge in [-0.2, -0.15) is 5.10 Å². The molecule has 13 heteroatoms. The predicted molar refractivity (Wildman–Crippen MR) is 150 cm³/mol. The van der Waals surface area contributed by atoms with E-state index in [2.05, 4.69) is 25.4 Å². The van der Waals surface area contributed by atoms with Crippen molar-refractivity contribution >= 4 is 40.2 Å². The van der Waals surface area contributed by atoms with Crippen molar-refractivity contribution in [3.8, 4) is 20.5 Å². The summed E-state index contributed by atoms with van der Waals surface area (Å²) in [5.74, 6) is -2.23. The molecule has 5 rings (SSSR count). The quantitative estimate of drug-likeness (QED) is 0.234. The maximum Gasteiger partial charge on any atom is 0.263 e. The van der Waals surface area contributed by atoms with Gasteiger partial charge < -0.3 is 10.4 Å². The number of carbonyl (C=O) groups excluding carboxylic acids is 1. The molecule has 0 fully saturated rings. The van der Waals surface area contributed by atoms with Crippen LogP contribution in [-0.4, -0.2) is 41.8 Å². The van der Waals surface area contributed by atoms with Gasteiger partial charge in [-0.1, -0.05) is 29.8 Å². The Balaban J connectivity index is 1.42. The van der Waals surface area contributed by atoms with Crippen molar-refractivity contribution in [1.82, 2.24) is 30.0 Å². The number of carbonyl (C=O) groups is 1. The van der Waals surface area contributed by atoms with Crippen molar-refractivity contribution in [1.29, 1.82) is 0 Å². The second-order valence-electron chi connectivity index (χ2n) is 9.21. The molecule has 0 saturated heterocycles. The topological polar surface area (TPSA) is 106 Å². The Morgan fingerprint density at radius 2 is 1.82 bits per heavy atom. The number of hydrogen-bond acceptors (Lipinski definition) is 8. The van der Waals surface area contributed by atoms with Crippen molar-refractivity contribution in [2.24, 2.45) is 0 Å². The number of benzene rings is 2. The number of rotatable bonds is 8. The van der Waals surface area contributed by atoms with E-state index >= 15 is 0 Å². The molecule has 40 heavy (non-hydrogen) atoms. The van der Waals surface area contributed by atoms with E-state index in [-0.39, 0.29) is 12.1 Å². The highest BCUT2D eigenvalue weighted by molar-refractivity contribution is 7.24. The summed E-state index contributed by atoms with van der Waals surface area (Å²) in [5.41, 5.74) is 0.0263. The van der Waals surface area contributed by atoms with Gasteiger partial charge in [-0.25, -0.2) is 28.4 Å². The molecule has 0 saturated carbocycles. The maximum absolute atomic E-state index is 14.9. The van der Waals surface area contributed by atoms with E-state index in [1.807, 2.05) is 19.1 Å². The van der Waals surface area contributed by atoms with Crippen LogP contribution in [0.3, 0.4) is 0 Å². The molecule has 5 aromatic rings. The van der Waals surface area contributed by atoms with Gasteiger partial charge in [0.1, 0.15) is 44.8 Å². The number of nitrogens with zero attached hydrogens (tertiary/aromatic N) is 5. The highest BCUT2D eigenvalue weighted by Gasteiger charge is 2.40. The molecule has 3 heterocycles. The summed E-state index contributed by atoms with van der Waals surface area (Å²) in [6, 6.07) is 9.25. The average molecular weight is 601 g/mol. The Hall–Kier alpha value is -3.58. The SMILES string of the molecule is Cc1nc(-c2sc(-c3ccc(Cl)cc3)nc2C)sc1C(=O)N[C@H](C)[C@](O)(Cn1cncn1)c1ccc(F)cc1F. The fraction of sp³-hybridized carbons (Fsp3) is 0.222. The fourth-order valence-corrected chi connectivity index (χ4v) is 6.55. The summed E-state index contributed by atoms with van der Waals surface area (Å²) in [6.07, 6.45) is 2.63. The summed E-state index contributed by atoms with van der Waals surface area (Å²) in [6.45, 7) is 4.90. The van der Waals surface area contributed by atoms with Gasteiger partial charge >= 0.3 is 0 Å². The molecule has 8 nitrogen and oxygen atoms in total. The van der Waals surface area contributed by atoms with Crippen LogP contribution in [-0.2, 0) is 12.1 Å². The molecule has 2 aromatic carbocycles. The fourth-order valence-electron chi connectivity index (χ4n) is 4.25. The van der Waals surface area contributed by atoms with Crippen LogP contribution in [0.5, 0.6) is 0 Å². The predicted octanol–water partition coefficient (Wildman–Crippen LogP) is 5.78. The number of thiazole rings is 2. The average Bonchev–Trinajstić information content (AvgIpc) is 3.64. The van der Waals surface area contributed by atoms with Gasteiger partial charge in [-0.15, -0.1) is 22.7 Å². The maximum atomic E-state index is 14.9. The van der Waals surface area contributed by atoms with Crippen molar-refractivity contribution in [3.05, 3.63) is 93.6 Å². The molecule has 206 valence electrons. The first kappa shape index (κ1) is 28.0. The Morgan fingerprint density at radius 3 is 2.50 bits per heavy atom. The Labute approximate surface area is 241 Å². The van der Waals surface area contributed by atoms with Gasteiger partial charge in [-0.05, 0) is 39.0 Å². The Bertz CT molecular complexity index is 1670. The molecule has 0 bridgehead atoms. The van der Waals surface area contributed by atoms with Crippen LogP contribution >= 0.6 is 34.3 Å². The summed E-state index contributed by atoms with van der Waals surface area (Å²) in [5, 5.41) is 20.6. The van der Waals surface area contributed by atoms with Crippen LogP contribution in [0.25, 0.3) is 20.5 Å². The molecule has 1 amide bonds. The van der Waals surface area contributed by atoms with Crippen LogP contribution in [0, 0.1) is 25.5 Å². The summed E-state index contributed by atoms with van der Waals surface area (Å²) in [4.78, 5) is 27.7. The van der Waals surface area contributed by atoms with Crippen LogP contribution in [0.1, 0.15) is 33.5 Å². The summed E-state index contributed by atoms with van der Waals surface area (Å²) in [7, 11) is 0. The number of halogens is 3. The van der Waals surface area contributed by atoms with E-state index in [9.17, 15) is 18.7 Å².